The molecule has 0 bridgehead atoms. The molecule has 0 spiro atoms. The van der Waals surface area contributed by atoms with E-state index in [9.17, 15) is 4.79 Å². The van der Waals surface area contributed by atoms with Crippen molar-refractivity contribution in [1.29, 1.82) is 0 Å². The lowest BCUT2D eigenvalue weighted by Gasteiger charge is -2.07. The van der Waals surface area contributed by atoms with Crippen LogP contribution in [0, 0.1) is 0 Å². The molecule has 0 aliphatic rings. The summed E-state index contributed by atoms with van der Waals surface area (Å²) in [4.78, 5) is 13.8. The Morgan fingerprint density at radius 3 is 2.58 bits per heavy atom. The molecule has 0 unspecified atom stereocenters. The van der Waals surface area contributed by atoms with Crippen molar-refractivity contribution in [2.45, 2.75) is 16.7 Å². The van der Waals surface area contributed by atoms with Crippen LogP contribution in [0.15, 0.2) is 82.6 Å². The minimum atomic E-state index is -0.317. The van der Waals surface area contributed by atoms with E-state index in [0.29, 0.717) is 6.61 Å². The molecule has 2 nitrogen and oxygen atoms in total. The molecule has 3 aromatic carbocycles. The van der Waals surface area contributed by atoms with Crippen molar-refractivity contribution < 1.29 is 9.53 Å². The summed E-state index contributed by atoms with van der Waals surface area (Å²) in [7, 11) is 0. The quantitative estimate of drug-likeness (QED) is 0.451. The van der Waals surface area contributed by atoms with Gasteiger partial charge >= 0.3 is 5.97 Å². The van der Waals surface area contributed by atoms with E-state index in [0.717, 1.165) is 10.5 Å². The van der Waals surface area contributed by atoms with Gasteiger partial charge in [0, 0.05) is 15.9 Å². The summed E-state index contributed by atoms with van der Waals surface area (Å²) in [6.07, 6.45) is 3.28. The van der Waals surface area contributed by atoms with Crippen LogP contribution in [-0.4, -0.2) is 12.6 Å². The SMILES string of the molecule is CCOC(=O)C=Cc1ccccc1Sc1ccc2ccccc2c1. The topological polar surface area (TPSA) is 26.3 Å². The highest BCUT2D eigenvalue weighted by molar-refractivity contribution is 7.99. The predicted octanol–water partition coefficient (Wildman–Crippen LogP) is 5.57. The molecule has 0 fully saturated rings. The molecule has 120 valence electrons. The van der Waals surface area contributed by atoms with Crippen LogP contribution in [0.2, 0.25) is 0 Å². The van der Waals surface area contributed by atoms with Gasteiger partial charge in [0.05, 0.1) is 6.61 Å². The van der Waals surface area contributed by atoms with E-state index >= 15 is 0 Å². The Kier molecular flexibility index (Phi) is 5.34. The number of fused-ring (bicyclic) bond motifs is 1. The molecule has 0 radical (unpaired) electrons. The van der Waals surface area contributed by atoms with Crippen LogP contribution in [0.4, 0.5) is 0 Å². The molecule has 0 atom stereocenters. The van der Waals surface area contributed by atoms with Crippen molar-refractivity contribution in [2.24, 2.45) is 0 Å². The molecule has 0 aliphatic carbocycles. The number of rotatable bonds is 5. The van der Waals surface area contributed by atoms with Crippen LogP contribution in [0.1, 0.15) is 12.5 Å². The van der Waals surface area contributed by atoms with Crippen LogP contribution in [0.25, 0.3) is 16.8 Å². The lowest BCUT2D eigenvalue weighted by Crippen LogP contribution is -1.98. The average molecular weight is 334 g/mol. The lowest BCUT2D eigenvalue weighted by atomic mass is 10.1. The van der Waals surface area contributed by atoms with Gasteiger partial charge in [-0.15, -0.1) is 0 Å². The van der Waals surface area contributed by atoms with Crippen molar-refractivity contribution in [2.75, 3.05) is 6.61 Å². The second kappa shape index (κ2) is 7.84. The summed E-state index contributed by atoms with van der Waals surface area (Å²) >= 11 is 1.69. The van der Waals surface area contributed by atoms with Crippen molar-refractivity contribution >= 4 is 34.6 Å². The van der Waals surface area contributed by atoms with Crippen LogP contribution in [0.5, 0.6) is 0 Å². The van der Waals surface area contributed by atoms with Crippen molar-refractivity contribution in [3.05, 3.63) is 78.4 Å². The molecule has 0 saturated carbocycles. The summed E-state index contributed by atoms with van der Waals surface area (Å²) < 4.78 is 4.94. The Hall–Kier alpha value is -2.52. The zero-order valence-corrected chi connectivity index (χ0v) is 14.3. The second-order valence-corrected chi connectivity index (χ2v) is 6.35. The first-order valence-corrected chi connectivity index (χ1v) is 8.68. The molecule has 0 aliphatic heterocycles. The summed E-state index contributed by atoms with van der Waals surface area (Å²) in [5, 5.41) is 2.46. The fourth-order valence-corrected chi connectivity index (χ4v) is 3.39. The first-order valence-electron chi connectivity index (χ1n) is 7.87. The Morgan fingerprint density at radius 2 is 1.75 bits per heavy atom. The van der Waals surface area contributed by atoms with Gasteiger partial charge in [0.25, 0.3) is 0 Å². The number of hydrogen-bond donors (Lipinski definition) is 0. The van der Waals surface area contributed by atoms with Crippen LogP contribution in [0.3, 0.4) is 0 Å². The Morgan fingerprint density at radius 1 is 1.00 bits per heavy atom. The van der Waals surface area contributed by atoms with Gasteiger partial charge in [-0.3, -0.25) is 0 Å². The Balaban J connectivity index is 1.85. The number of benzene rings is 3. The Bertz CT molecular complexity index is 884. The van der Waals surface area contributed by atoms with E-state index < -0.39 is 0 Å². The number of esters is 1. The standard InChI is InChI=1S/C21H18O2S/c1-2-23-21(22)14-12-17-8-5-6-10-20(17)24-19-13-11-16-7-3-4-9-18(16)15-19/h3-15H,2H2,1H3. The molecule has 3 rings (SSSR count). The van der Waals surface area contributed by atoms with Gasteiger partial charge in [-0.25, -0.2) is 4.79 Å². The number of carbonyl (C=O) groups is 1. The predicted molar refractivity (Wildman–Crippen MR) is 100 cm³/mol. The number of carbonyl (C=O) groups excluding carboxylic acids is 1. The van der Waals surface area contributed by atoms with Crippen LogP contribution < -0.4 is 0 Å². The van der Waals surface area contributed by atoms with Crippen LogP contribution >= 0.6 is 11.8 Å². The van der Waals surface area contributed by atoms with Gasteiger partial charge in [0.15, 0.2) is 0 Å². The highest BCUT2D eigenvalue weighted by Crippen LogP contribution is 2.32. The van der Waals surface area contributed by atoms with Gasteiger partial charge in [0.1, 0.15) is 0 Å². The van der Waals surface area contributed by atoms with Gasteiger partial charge in [-0.05, 0) is 47.5 Å². The normalized spacial score (nSPS) is 11.0. The van der Waals surface area contributed by atoms with E-state index in [1.807, 2.05) is 30.3 Å². The fraction of sp³-hybridized carbons (Fsp3) is 0.0952. The van der Waals surface area contributed by atoms with E-state index in [1.165, 1.54) is 21.7 Å². The third-order valence-electron chi connectivity index (χ3n) is 3.55. The lowest BCUT2D eigenvalue weighted by molar-refractivity contribution is -0.137. The maximum absolute atomic E-state index is 11.5. The second-order valence-electron chi connectivity index (χ2n) is 5.23. The summed E-state index contributed by atoms with van der Waals surface area (Å²) in [6, 6.07) is 22.8. The first-order chi connectivity index (χ1) is 11.8. The minimum Gasteiger partial charge on any atom is -0.463 e. The van der Waals surface area contributed by atoms with Crippen molar-refractivity contribution in [1.82, 2.24) is 0 Å². The third kappa shape index (κ3) is 4.06. The van der Waals surface area contributed by atoms with Crippen molar-refractivity contribution in [3.8, 4) is 0 Å². The molecule has 3 heteroatoms. The smallest absolute Gasteiger partial charge is 0.330 e. The number of hydrogen-bond acceptors (Lipinski definition) is 3. The zero-order valence-electron chi connectivity index (χ0n) is 13.4. The molecule has 3 aromatic rings. The molecular formula is C21H18O2S. The van der Waals surface area contributed by atoms with E-state index in [-0.39, 0.29) is 5.97 Å². The molecule has 0 amide bonds. The van der Waals surface area contributed by atoms with E-state index in [2.05, 4.69) is 36.4 Å². The first kappa shape index (κ1) is 16.3. The van der Waals surface area contributed by atoms with E-state index in [4.69, 9.17) is 4.74 Å². The van der Waals surface area contributed by atoms with Gasteiger partial charge < -0.3 is 4.74 Å². The van der Waals surface area contributed by atoms with Crippen molar-refractivity contribution in [3.63, 3.8) is 0 Å². The largest absolute Gasteiger partial charge is 0.463 e. The zero-order chi connectivity index (χ0) is 16.8. The molecule has 0 N–H and O–H groups in total. The summed E-state index contributed by atoms with van der Waals surface area (Å²) in [6.45, 7) is 2.19. The third-order valence-corrected chi connectivity index (χ3v) is 4.63. The molecule has 0 aromatic heterocycles. The summed E-state index contributed by atoms with van der Waals surface area (Å²) in [5.74, 6) is -0.317. The minimum absolute atomic E-state index is 0.317. The summed E-state index contributed by atoms with van der Waals surface area (Å²) in [5.41, 5.74) is 1.00. The van der Waals surface area contributed by atoms with Gasteiger partial charge in [-0.1, -0.05) is 60.3 Å². The molecule has 0 saturated heterocycles. The highest BCUT2D eigenvalue weighted by atomic mass is 32.2. The van der Waals surface area contributed by atoms with Gasteiger partial charge in [-0.2, -0.15) is 0 Å². The maximum atomic E-state index is 11.5. The van der Waals surface area contributed by atoms with Crippen LogP contribution in [-0.2, 0) is 9.53 Å². The monoisotopic (exact) mass is 334 g/mol. The Labute approximate surface area is 146 Å². The van der Waals surface area contributed by atoms with Gasteiger partial charge in [0.2, 0.25) is 0 Å². The highest BCUT2D eigenvalue weighted by Gasteiger charge is 2.04. The number of ether oxygens (including phenoxy) is 1. The molecular weight excluding hydrogens is 316 g/mol. The molecule has 0 heterocycles. The maximum Gasteiger partial charge on any atom is 0.330 e. The molecule has 24 heavy (non-hydrogen) atoms. The van der Waals surface area contributed by atoms with E-state index in [1.54, 1.807) is 24.8 Å². The fourth-order valence-electron chi connectivity index (χ4n) is 2.42. The average Bonchev–Trinajstić information content (AvgIpc) is 2.61.